The number of aryl methyl sites for hydroxylation is 2. The average molecular weight is 308 g/mol. The Morgan fingerprint density at radius 3 is 2.41 bits per heavy atom. The first-order valence-electron chi connectivity index (χ1n) is 7.68. The van der Waals surface area contributed by atoms with E-state index in [1.807, 2.05) is 43.9 Å². The largest absolute Gasteiger partial charge is 0.493 e. The Labute approximate surface area is 133 Å². The first-order valence-corrected chi connectivity index (χ1v) is 7.68. The van der Waals surface area contributed by atoms with Gasteiger partial charge in [0.15, 0.2) is 0 Å². The van der Waals surface area contributed by atoms with Gasteiger partial charge in [-0.1, -0.05) is 18.2 Å². The first-order chi connectivity index (χ1) is 10.5. The van der Waals surface area contributed by atoms with Crippen LogP contribution in [-0.2, 0) is 9.53 Å². The maximum absolute atomic E-state index is 11.4. The van der Waals surface area contributed by atoms with Gasteiger partial charge in [-0.05, 0) is 38.3 Å². The zero-order valence-electron chi connectivity index (χ0n) is 14.1. The van der Waals surface area contributed by atoms with Crippen LogP contribution in [0.1, 0.15) is 24.5 Å². The van der Waals surface area contributed by atoms with Gasteiger partial charge in [-0.3, -0.25) is 9.69 Å². The number of carbonyl (C=O) groups excluding carboxylic acids is 1. The third-order valence-corrected chi connectivity index (χ3v) is 3.79. The number of hydrogen-bond donors (Lipinski definition) is 1. The molecule has 0 saturated carbocycles. The van der Waals surface area contributed by atoms with Gasteiger partial charge in [0.05, 0.1) is 19.3 Å². The minimum absolute atomic E-state index is 0.296. The number of nitrogens with zero attached hydrogens (tertiary/aromatic N) is 1. The third kappa shape index (κ3) is 5.66. The highest BCUT2D eigenvalue weighted by Gasteiger charge is 2.18. The summed E-state index contributed by atoms with van der Waals surface area (Å²) in [5, 5.41) is 0. The van der Waals surface area contributed by atoms with Crippen molar-refractivity contribution >= 4 is 5.91 Å². The van der Waals surface area contributed by atoms with Crippen molar-refractivity contribution in [3.63, 3.8) is 0 Å². The van der Waals surface area contributed by atoms with Gasteiger partial charge in [0.2, 0.25) is 5.91 Å². The van der Waals surface area contributed by atoms with Gasteiger partial charge in [-0.25, -0.2) is 0 Å². The minimum atomic E-state index is -0.313. The maximum atomic E-state index is 11.4. The van der Waals surface area contributed by atoms with Crippen molar-refractivity contribution in [1.82, 2.24) is 4.90 Å². The van der Waals surface area contributed by atoms with Gasteiger partial charge in [0.25, 0.3) is 0 Å². The lowest BCUT2D eigenvalue weighted by Gasteiger charge is -2.26. The smallest absolute Gasteiger partial charge is 0.234 e. The highest BCUT2D eigenvalue weighted by Crippen LogP contribution is 2.22. The Morgan fingerprint density at radius 1 is 1.23 bits per heavy atom. The van der Waals surface area contributed by atoms with Crippen molar-refractivity contribution < 1.29 is 14.3 Å². The molecule has 1 amide bonds. The molecule has 1 unspecified atom stereocenters. The van der Waals surface area contributed by atoms with Crippen LogP contribution in [0.2, 0.25) is 0 Å². The fourth-order valence-electron chi connectivity index (χ4n) is 2.36. The lowest BCUT2D eigenvalue weighted by atomic mass is 10.1. The topological polar surface area (TPSA) is 64.8 Å². The fraction of sp³-hybridized carbons (Fsp3) is 0.588. The summed E-state index contributed by atoms with van der Waals surface area (Å²) in [5.74, 6) is 0.640. The lowest BCUT2D eigenvalue weighted by molar-refractivity contribution is -0.122. The van der Waals surface area contributed by atoms with E-state index in [1.54, 1.807) is 7.11 Å². The predicted molar refractivity (Wildman–Crippen MR) is 88.1 cm³/mol. The average Bonchev–Trinajstić information content (AvgIpc) is 2.48. The number of para-hydroxylation sites is 1. The number of rotatable bonds is 10. The van der Waals surface area contributed by atoms with E-state index < -0.39 is 0 Å². The fourth-order valence-corrected chi connectivity index (χ4v) is 2.36. The number of primary amides is 1. The zero-order valence-corrected chi connectivity index (χ0v) is 14.1. The summed E-state index contributed by atoms with van der Waals surface area (Å²) in [7, 11) is 1.65. The summed E-state index contributed by atoms with van der Waals surface area (Å²) in [4.78, 5) is 13.4. The highest BCUT2D eigenvalue weighted by atomic mass is 16.5. The van der Waals surface area contributed by atoms with E-state index in [1.165, 1.54) is 0 Å². The molecule has 1 rings (SSSR count). The Kier molecular flexibility index (Phi) is 7.91. The summed E-state index contributed by atoms with van der Waals surface area (Å²) in [6.45, 7) is 8.54. The summed E-state index contributed by atoms with van der Waals surface area (Å²) < 4.78 is 11.0. The molecule has 0 fully saturated rings. The second-order valence-corrected chi connectivity index (χ2v) is 5.53. The molecular formula is C17H28N2O3. The number of carbonyl (C=O) groups is 1. The number of nitrogens with two attached hydrogens (primary N) is 1. The molecule has 0 radical (unpaired) electrons. The van der Waals surface area contributed by atoms with E-state index >= 15 is 0 Å². The molecule has 0 aliphatic rings. The minimum Gasteiger partial charge on any atom is -0.493 e. The van der Waals surface area contributed by atoms with Crippen molar-refractivity contribution in [3.05, 3.63) is 29.3 Å². The van der Waals surface area contributed by atoms with Crippen molar-refractivity contribution in [2.24, 2.45) is 5.73 Å². The SMILES string of the molecule is COCCN(CCCOc1c(C)cccc1C)C(C)C(N)=O. The molecule has 2 N–H and O–H groups in total. The number of methoxy groups -OCH3 is 1. The molecule has 124 valence electrons. The Balaban J connectivity index is 2.47. The highest BCUT2D eigenvalue weighted by molar-refractivity contribution is 5.79. The lowest BCUT2D eigenvalue weighted by Crippen LogP contribution is -2.44. The van der Waals surface area contributed by atoms with Crippen LogP contribution in [0.25, 0.3) is 0 Å². The molecule has 1 aromatic rings. The van der Waals surface area contributed by atoms with Crippen LogP contribution in [0.3, 0.4) is 0 Å². The Bertz CT molecular complexity index is 457. The number of amides is 1. The summed E-state index contributed by atoms with van der Waals surface area (Å²) >= 11 is 0. The van der Waals surface area contributed by atoms with Crippen molar-refractivity contribution in [3.8, 4) is 5.75 Å². The van der Waals surface area contributed by atoms with E-state index in [2.05, 4.69) is 0 Å². The molecule has 5 heteroatoms. The van der Waals surface area contributed by atoms with Crippen molar-refractivity contribution in [2.45, 2.75) is 33.2 Å². The molecule has 0 aliphatic heterocycles. The molecule has 1 atom stereocenters. The second kappa shape index (κ2) is 9.43. The second-order valence-electron chi connectivity index (χ2n) is 5.53. The number of hydrogen-bond acceptors (Lipinski definition) is 4. The normalized spacial score (nSPS) is 12.4. The molecule has 0 bridgehead atoms. The maximum Gasteiger partial charge on any atom is 0.234 e. The van der Waals surface area contributed by atoms with E-state index in [4.69, 9.17) is 15.2 Å². The van der Waals surface area contributed by atoms with Gasteiger partial charge < -0.3 is 15.2 Å². The molecule has 22 heavy (non-hydrogen) atoms. The molecular weight excluding hydrogens is 280 g/mol. The summed E-state index contributed by atoms with van der Waals surface area (Å²) in [6, 6.07) is 5.82. The van der Waals surface area contributed by atoms with Gasteiger partial charge in [-0.15, -0.1) is 0 Å². The van der Waals surface area contributed by atoms with Crippen LogP contribution >= 0.6 is 0 Å². The van der Waals surface area contributed by atoms with Crippen LogP contribution in [0.5, 0.6) is 5.75 Å². The van der Waals surface area contributed by atoms with Crippen LogP contribution in [0.4, 0.5) is 0 Å². The van der Waals surface area contributed by atoms with E-state index in [9.17, 15) is 4.79 Å². The van der Waals surface area contributed by atoms with Gasteiger partial charge in [0.1, 0.15) is 5.75 Å². The predicted octanol–water partition coefficient (Wildman–Crippen LogP) is 1.89. The van der Waals surface area contributed by atoms with Crippen molar-refractivity contribution in [1.29, 1.82) is 0 Å². The van der Waals surface area contributed by atoms with E-state index in [0.29, 0.717) is 19.8 Å². The first kappa shape index (κ1) is 18.5. The van der Waals surface area contributed by atoms with Gasteiger partial charge in [0, 0.05) is 20.2 Å². The number of ether oxygens (including phenoxy) is 2. The Hall–Kier alpha value is -1.59. The van der Waals surface area contributed by atoms with Gasteiger partial charge >= 0.3 is 0 Å². The Morgan fingerprint density at radius 2 is 1.86 bits per heavy atom. The molecule has 1 aromatic carbocycles. The van der Waals surface area contributed by atoms with E-state index in [-0.39, 0.29) is 11.9 Å². The molecule has 0 spiro atoms. The standard InChI is InChI=1S/C17H28N2O3/c1-13-7-5-8-14(2)16(13)22-11-6-9-19(10-12-21-4)15(3)17(18)20/h5,7-8,15H,6,9-12H2,1-4H3,(H2,18,20). The molecule has 0 heterocycles. The number of benzene rings is 1. The zero-order chi connectivity index (χ0) is 16.5. The van der Waals surface area contributed by atoms with Crippen molar-refractivity contribution in [2.75, 3.05) is 33.4 Å². The molecule has 0 saturated heterocycles. The molecule has 0 aliphatic carbocycles. The van der Waals surface area contributed by atoms with Crippen LogP contribution < -0.4 is 10.5 Å². The quantitative estimate of drug-likeness (QED) is 0.670. The third-order valence-electron chi connectivity index (χ3n) is 3.79. The van der Waals surface area contributed by atoms with Crippen LogP contribution in [-0.4, -0.2) is 50.3 Å². The van der Waals surface area contributed by atoms with E-state index in [0.717, 1.165) is 29.8 Å². The van der Waals surface area contributed by atoms with Crippen LogP contribution in [0, 0.1) is 13.8 Å². The molecule has 5 nitrogen and oxygen atoms in total. The monoisotopic (exact) mass is 308 g/mol. The molecule has 0 aromatic heterocycles. The van der Waals surface area contributed by atoms with Crippen LogP contribution in [0.15, 0.2) is 18.2 Å². The summed E-state index contributed by atoms with van der Waals surface area (Å²) in [6.07, 6.45) is 0.828. The summed E-state index contributed by atoms with van der Waals surface area (Å²) in [5.41, 5.74) is 7.67. The van der Waals surface area contributed by atoms with Gasteiger partial charge in [-0.2, -0.15) is 0 Å².